The van der Waals surface area contributed by atoms with E-state index in [1.165, 1.54) is 4.90 Å². The topological polar surface area (TPSA) is 59.1 Å². The molecule has 0 aliphatic carbocycles. The van der Waals surface area contributed by atoms with Gasteiger partial charge in [0.15, 0.2) is 0 Å². The largest absolute Gasteiger partial charge is 0.497 e. The predicted octanol–water partition coefficient (Wildman–Crippen LogP) is 2.62. The Morgan fingerprint density at radius 2 is 1.59 bits per heavy atom. The number of nitrogens with zero attached hydrogens (tertiary/aromatic N) is 2. The summed E-state index contributed by atoms with van der Waals surface area (Å²) in [6, 6.07) is 15.1. The van der Waals surface area contributed by atoms with E-state index in [1.54, 1.807) is 7.11 Å². The van der Waals surface area contributed by atoms with Crippen molar-refractivity contribution >= 4 is 17.4 Å². The number of methoxy groups -OCH3 is 1. The highest BCUT2D eigenvalue weighted by Gasteiger charge is 2.41. The van der Waals surface area contributed by atoms with E-state index in [1.807, 2.05) is 60.4 Å². The number of aryl methyl sites for hydroxylation is 1. The Balaban J connectivity index is 1.69. The molecule has 0 N–H and O–H groups in total. The molecule has 0 radical (unpaired) electrons. The number of hydrogen-bond donors (Lipinski definition) is 0. The highest BCUT2D eigenvalue weighted by molar-refractivity contribution is 6.35. The fourth-order valence-electron chi connectivity index (χ4n) is 3.68. The van der Waals surface area contributed by atoms with Crippen LogP contribution >= 0.6 is 0 Å². The normalized spacial score (nSPS) is 17.3. The molecule has 2 aliphatic heterocycles. The minimum absolute atomic E-state index is 0.227. The van der Waals surface area contributed by atoms with Gasteiger partial charge in [-0.1, -0.05) is 42.0 Å². The van der Waals surface area contributed by atoms with Crippen molar-refractivity contribution in [3.8, 4) is 5.75 Å². The van der Waals surface area contributed by atoms with E-state index in [0.717, 1.165) is 22.4 Å². The number of imide groups is 1. The van der Waals surface area contributed by atoms with E-state index in [4.69, 9.17) is 9.47 Å². The number of rotatable bonds is 5. The summed E-state index contributed by atoms with van der Waals surface area (Å²) in [5, 5.41) is 0. The lowest BCUT2D eigenvalue weighted by molar-refractivity contribution is -0.138. The summed E-state index contributed by atoms with van der Waals surface area (Å²) in [6.07, 6.45) is 0. The van der Waals surface area contributed by atoms with Crippen LogP contribution in [0.2, 0.25) is 0 Å². The van der Waals surface area contributed by atoms with Gasteiger partial charge in [0.2, 0.25) is 0 Å². The van der Waals surface area contributed by atoms with Gasteiger partial charge in [0.05, 0.1) is 32.4 Å². The molecule has 2 amide bonds. The number of morpholine rings is 1. The molecule has 2 aromatic rings. The fourth-order valence-corrected chi connectivity index (χ4v) is 3.68. The van der Waals surface area contributed by atoms with E-state index in [2.05, 4.69) is 0 Å². The molecule has 2 aromatic carbocycles. The molecule has 1 saturated heterocycles. The molecule has 0 atom stereocenters. The molecule has 2 heterocycles. The quantitative estimate of drug-likeness (QED) is 0.732. The van der Waals surface area contributed by atoms with Crippen molar-refractivity contribution in [2.24, 2.45) is 0 Å². The number of amides is 2. The van der Waals surface area contributed by atoms with Gasteiger partial charge in [-0.2, -0.15) is 0 Å². The maximum atomic E-state index is 13.3. The van der Waals surface area contributed by atoms with Crippen LogP contribution in [0.4, 0.5) is 0 Å². The Hall–Kier alpha value is -3.12. The van der Waals surface area contributed by atoms with Crippen molar-refractivity contribution in [2.75, 3.05) is 33.4 Å². The molecule has 1 fully saturated rings. The minimum atomic E-state index is -0.254. The predicted molar refractivity (Wildman–Crippen MR) is 109 cm³/mol. The first kappa shape index (κ1) is 19.2. The van der Waals surface area contributed by atoms with Crippen LogP contribution in [0.25, 0.3) is 5.57 Å². The van der Waals surface area contributed by atoms with E-state index in [-0.39, 0.29) is 18.4 Å². The third-order valence-corrected chi connectivity index (χ3v) is 5.31. The zero-order valence-corrected chi connectivity index (χ0v) is 16.7. The highest BCUT2D eigenvalue weighted by atomic mass is 16.5. The fraction of sp³-hybridized carbons (Fsp3) is 0.304. The first-order valence-corrected chi connectivity index (χ1v) is 9.71. The molecule has 0 bridgehead atoms. The van der Waals surface area contributed by atoms with Gasteiger partial charge in [-0.25, -0.2) is 0 Å². The SMILES string of the molecule is COc1ccc(CN2C(=O)C(c3ccc(C)cc3)=C(N3CCOCC3)C2=O)cc1. The number of benzene rings is 2. The second kappa shape index (κ2) is 8.09. The van der Waals surface area contributed by atoms with Crippen LogP contribution in [-0.2, 0) is 20.9 Å². The zero-order chi connectivity index (χ0) is 20.4. The lowest BCUT2D eigenvalue weighted by atomic mass is 10.0. The Bertz CT molecular complexity index is 942. The second-order valence-corrected chi connectivity index (χ2v) is 7.23. The Labute approximate surface area is 170 Å². The molecule has 29 heavy (non-hydrogen) atoms. The molecule has 0 saturated carbocycles. The van der Waals surface area contributed by atoms with E-state index in [9.17, 15) is 9.59 Å². The molecule has 0 spiro atoms. The first-order valence-electron chi connectivity index (χ1n) is 9.71. The van der Waals surface area contributed by atoms with Gasteiger partial charge in [-0.15, -0.1) is 0 Å². The van der Waals surface area contributed by atoms with Gasteiger partial charge in [0, 0.05) is 13.1 Å². The molecule has 6 heteroatoms. The van der Waals surface area contributed by atoms with Gasteiger partial charge < -0.3 is 14.4 Å². The summed E-state index contributed by atoms with van der Waals surface area (Å²) < 4.78 is 10.6. The van der Waals surface area contributed by atoms with Crippen LogP contribution in [0.5, 0.6) is 5.75 Å². The van der Waals surface area contributed by atoms with Crippen LogP contribution in [-0.4, -0.2) is 55.0 Å². The van der Waals surface area contributed by atoms with Crippen molar-refractivity contribution in [1.29, 1.82) is 0 Å². The van der Waals surface area contributed by atoms with Crippen molar-refractivity contribution < 1.29 is 19.1 Å². The van der Waals surface area contributed by atoms with Crippen molar-refractivity contribution in [2.45, 2.75) is 13.5 Å². The third kappa shape index (κ3) is 3.76. The maximum Gasteiger partial charge on any atom is 0.278 e. The van der Waals surface area contributed by atoms with Crippen LogP contribution in [0, 0.1) is 6.92 Å². The maximum absolute atomic E-state index is 13.3. The van der Waals surface area contributed by atoms with E-state index >= 15 is 0 Å². The lowest BCUT2D eigenvalue weighted by Crippen LogP contribution is -2.40. The van der Waals surface area contributed by atoms with Crippen LogP contribution in [0.3, 0.4) is 0 Å². The smallest absolute Gasteiger partial charge is 0.278 e. The van der Waals surface area contributed by atoms with Gasteiger partial charge in [-0.05, 0) is 30.2 Å². The highest BCUT2D eigenvalue weighted by Crippen LogP contribution is 2.33. The summed E-state index contributed by atoms with van der Waals surface area (Å²) in [5.74, 6) is 0.236. The summed E-state index contributed by atoms with van der Waals surface area (Å²) in [5.41, 5.74) is 3.71. The third-order valence-electron chi connectivity index (χ3n) is 5.31. The van der Waals surface area contributed by atoms with Crippen LogP contribution in [0.15, 0.2) is 54.2 Å². The molecule has 150 valence electrons. The first-order chi connectivity index (χ1) is 14.1. The van der Waals surface area contributed by atoms with Crippen molar-refractivity contribution in [1.82, 2.24) is 9.80 Å². The summed E-state index contributed by atoms with van der Waals surface area (Å²) in [4.78, 5) is 30.0. The molecule has 4 rings (SSSR count). The molecule has 0 aromatic heterocycles. The average Bonchev–Trinajstić information content (AvgIpc) is 3.00. The molecular formula is C23H24N2O4. The number of hydrogen-bond acceptors (Lipinski definition) is 5. The minimum Gasteiger partial charge on any atom is -0.497 e. The van der Waals surface area contributed by atoms with Crippen molar-refractivity contribution in [3.63, 3.8) is 0 Å². The standard InChI is InChI=1S/C23H24N2O4/c1-16-3-7-18(8-4-16)20-21(24-11-13-29-14-12-24)23(27)25(22(20)26)15-17-5-9-19(28-2)10-6-17/h3-10H,11-15H2,1-2H3. The zero-order valence-electron chi connectivity index (χ0n) is 16.7. The van der Waals surface area contributed by atoms with Crippen LogP contribution < -0.4 is 4.74 Å². The van der Waals surface area contributed by atoms with Gasteiger partial charge in [0.1, 0.15) is 11.4 Å². The van der Waals surface area contributed by atoms with Gasteiger partial charge in [-0.3, -0.25) is 14.5 Å². The van der Waals surface area contributed by atoms with E-state index < -0.39 is 0 Å². The molecule has 2 aliphatic rings. The Kier molecular flexibility index (Phi) is 5.36. The van der Waals surface area contributed by atoms with Gasteiger partial charge in [0.25, 0.3) is 11.8 Å². The number of ether oxygens (including phenoxy) is 2. The number of carbonyl (C=O) groups is 2. The summed E-state index contributed by atoms with van der Waals surface area (Å²) in [6.45, 7) is 4.51. The van der Waals surface area contributed by atoms with Crippen molar-refractivity contribution in [3.05, 3.63) is 70.9 Å². The molecular weight excluding hydrogens is 368 g/mol. The number of carbonyl (C=O) groups excluding carboxylic acids is 2. The lowest BCUT2D eigenvalue weighted by Gasteiger charge is -2.29. The molecule has 6 nitrogen and oxygen atoms in total. The molecule has 0 unspecified atom stereocenters. The average molecular weight is 392 g/mol. The van der Waals surface area contributed by atoms with Gasteiger partial charge >= 0.3 is 0 Å². The Morgan fingerprint density at radius 1 is 0.931 bits per heavy atom. The van der Waals surface area contributed by atoms with Crippen LogP contribution in [0.1, 0.15) is 16.7 Å². The monoisotopic (exact) mass is 392 g/mol. The summed E-state index contributed by atoms with van der Waals surface area (Å²) in [7, 11) is 1.61. The van der Waals surface area contributed by atoms with E-state index in [0.29, 0.717) is 37.6 Å². The summed E-state index contributed by atoms with van der Waals surface area (Å²) >= 11 is 0. The Morgan fingerprint density at radius 3 is 2.21 bits per heavy atom. The second-order valence-electron chi connectivity index (χ2n) is 7.23.